The molecule has 2 atom stereocenters. The average Bonchev–Trinajstić information content (AvgIpc) is 2.13. The van der Waals surface area contributed by atoms with E-state index in [2.05, 4.69) is 20.4 Å². The quantitative estimate of drug-likeness (QED) is 0.481. The summed E-state index contributed by atoms with van der Waals surface area (Å²) in [5, 5.41) is 13.7. The lowest BCUT2D eigenvalue weighted by Gasteiger charge is -2.28. The van der Waals surface area contributed by atoms with Gasteiger partial charge in [-0.2, -0.15) is 0 Å². The molecule has 0 unspecified atom stereocenters. The molecule has 0 bridgehead atoms. The van der Waals surface area contributed by atoms with Crippen molar-refractivity contribution < 1.29 is 14.6 Å². The van der Waals surface area contributed by atoms with Gasteiger partial charge in [0.05, 0.1) is 0 Å². The molecule has 0 aromatic carbocycles. The summed E-state index contributed by atoms with van der Waals surface area (Å²) in [7, 11) is 0. The van der Waals surface area contributed by atoms with Crippen molar-refractivity contribution in [2.75, 3.05) is 0 Å². The Hall–Kier alpha value is 0.440. The van der Waals surface area contributed by atoms with Crippen molar-refractivity contribution in [3.05, 3.63) is 0 Å². The summed E-state index contributed by atoms with van der Waals surface area (Å²) in [4.78, 5) is 14.8. The molecule has 12 heteroatoms. The Morgan fingerprint density at radius 3 is 2.33 bits per heavy atom. The molecule has 0 saturated carbocycles. The van der Waals surface area contributed by atoms with Gasteiger partial charge in [0.15, 0.2) is 6.23 Å². The topological polar surface area (TPSA) is 83.0 Å². The van der Waals surface area contributed by atoms with E-state index in [0.717, 1.165) is 0 Å². The van der Waals surface area contributed by atoms with E-state index in [1.807, 2.05) is 0 Å². The number of carbonyl (C=O) groups excluding carboxylic acids is 1. The Kier molecular flexibility index (Phi) is 5.34. The zero-order valence-electron chi connectivity index (χ0n) is 8.13. The van der Waals surface area contributed by atoms with Gasteiger partial charge in [-0.25, -0.2) is 9.79 Å². The normalized spacial score (nSPS) is 22.7. The van der Waals surface area contributed by atoms with Gasteiger partial charge in [-0.3, -0.25) is 5.32 Å². The van der Waals surface area contributed by atoms with Crippen LogP contribution >= 0.6 is 69.6 Å². The fourth-order valence-corrected chi connectivity index (χ4v) is 1.27. The molecule has 1 heterocycles. The SMILES string of the molecule is O=C1NC(N[C@@H](O)C(Cl)(Cl)Cl)=N[C@@H](C(Cl)(Cl)Cl)O1. The lowest BCUT2D eigenvalue weighted by molar-refractivity contribution is 0.0980. The van der Waals surface area contributed by atoms with Crippen LogP contribution in [0.3, 0.4) is 0 Å². The maximum Gasteiger partial charge on any atom is 0.416 e. The number of amides is 1. The van der Waals surface area contributed by atoms with Crippen LogP contribution in [0.2, 0.25) is 0 Å². The van der Waals surface area contributed by atoms with Gasteiger partial charge in [-0.1, -0.05) is 69.6 Å². The number of ether oxygens (including phenoxy) is 1. The van der Waals surface area contributed by atoms with Crippen LogP contribution in [-0.2, 0) is 4.74 Å². The molecule has 1 aliphatic heterocycles. The molecule has 1 aliphatic rings. The van der Waals surface area contributed by atoms with Crippen molar-refractivity contribution in [2.24, 2.45) is 4.99 Å². The number of carbonyl (C=O) groups is 1. The Bertz CT molecular complexity index is 365. The Balaban J connectivity index is 2.82. The minimum atomic E-state index is -2.04. The van der Waals surface area contributed by atoms with Gasteiger partial charge in [0.1, 0.15) is 0 Å². The number of alkyl carbamates (subject to hydrolysis) is 1. The molecule has 1 rings (SSSR count). The van der Waals surface area contributed by atoms with Crippen LogP contribution in [0.4, 0.5) is 4.79 Å². The fourth-order valence-electron chi connectivity index (χ4n) is 0.828. The van der Waals surface area contributed by atoms with E-state index in [-0.39, 0.29) is 5.96 Å². The van der Waals surface area contributed by atoms with Crippen molar-refractivity contribution in [2.45, 2.75) is 20.0 Å². The van der Waals surface area contributed by atoms with Crippen molar-refractivity contribution >= 4 is 81.7 Å². The van der Waals surface area contributed by atoms with E-state index in [0.29, 0.717) is 0 Å². The molecule has 18 heavy (non-hydrogen) atoms. The summed E-state index contributed by atoms with van der Waals surface area (Å²) in [6.45, 7) is 0. The molecule has 6 nitrogen and oxygen atoms in total. The minimum absolute atomic E-state index is 0.263. The average molecular weight is 380 g/mol. The maximum absolute atomic E-state index is 11.2. The number of nitrogens with zero attached hydrogens (tertiary/aromatic N) is 1. The number of cyclic esters (lactones) is 1. The van der Waals surface area contributed by atoms with Crippen LogP contribution in [0.1, 0.15) is 0 Å². The summed E-state index contributed by atoms with van der Waals surface area (Å²) >= 11 is 32.8. The van der Waals surface area contributed by atoms with Crippen molar-refractivity contribution in [1.82, 2.24) is 10.6 Å². The predicted octanol–water partition coefficient (Wildman–Crippen LogP) is 2.06. The Morgan fingerprint density at radius 2 is 1.89 bits per heavy atom. The molecule has 1 amide bonds. The summed E-state index contributed by atoms with van der Waals surface area (Å²) in [6, 6.07) is 0. The fraction of sp³-hybridized carbons (Fsp3) is 0.667. The monoisotopic (exact) mass is 377 g/mol. The number of nitrogens with one attached hydrogen (secondary N) is 2. The van der Waals surface area contributed by atoms with E-state index < -0.39 is 26.1 Å². The number of hydrogen-bond acceptors (Lipinski definition) is 5. The number of guanidine groups is 1. The largest absolute Gasteiger partial charge is 0.418 e. The highest BCUT2D eigenvalue weighted by atomic mass is 35.6. The maximum atomic E-state index is 11.2. The van der Waals surface area contributed by atoms with Crippen LogP contribution in [0, 0.1) is 0 Å². The number of aliphatic hydroxyl groups excluding tert-OH is 1. The first-order chi connectivity index (χ1) is 8.00. The van der Waals surface area contributed by atoms with E-state index in [1.165, 1.54) is 0 Å². The molecule has 104 valence electrons. The predicted molar refractivity (Wildman–Crippen MR) is 70.6 cm³/mol. The van der Waals surface area contributed by atoms with Gasteiger partial charge in [0.2, 0.25) is 19.8 Å². The van der Waals surface area contributed by atoms with Gasteiger partial charge >= 0.3 is 6.09 Å². The highest BCUT2D eigenvalue weighted by Crippen LogP contribution is 2.34. The lowest BCUT2D eigenvalue weighted by Crippen LogP contribution is -2.54. The number of aliphatic imine (C=N–C) groups is 1. The molecule has 0 aromatic heterocycles. The van der Waals surface area contributed by atoms with Gasteiger partial charge in [0, 0.05) is 0 Å². The minimum Gasteiger partial charge on any atom is -0.418 e. The van der Waals surface area contributed by atoms with Crippen LogP contribution in [0.25, 0.3) is 0 Å². The first-order valence-electron chi connectivity index (χ1n) is 4.13. The van der Waals surface area contributed by atoms with E-state index in [1.54, 1.807) is 0 Å². The molecule has 3 N–H and O–H groups in total. The van der Waals surface area contributed by atoms with Crippen LogP contribution < -0.4 is 10.6 Å². The first-order valence-corrected chi connectivity index (χ1v) is 6.40. The number of halogens is 6. The Morgan fingerprint density at radius 1 is 1.33 bits per heavy atom. The van der Waals surface area contributed by atoms with Gasteiger partial charge < -0.3 is 15.2 Å². The number of alkyl halides is 6. The van der Waals surface area contributed by atoms with Gasteiger partial charge in [-0.05, 0) is 0 Å². The third-order valence-corrected chi connectivity index (χ3v) is 2.73. The third-order valence-electron chi connectivity index (χ3n) is 1.55. The van der Waals surface area contributed by atoms with E-state index in [4.69, 9.17) is 69.6 Å². The molecule has 0 radical (unpaired) electrons. The van der Waals surface area contributed by atoms with Gasteiger partial charge in [-0.15, -0.1) is 0 Å². The zero-order valence-corrected chi connectivity index (χ0v) is 12.7. The second kappa shape index (κ2) is 5.83. The summed E-state index contributed by atoms with van der Waals surface area (Å²) in [5.74, 6) is -0.263. The van der Waals surface area contributed by atoms with Crippen LogP contribution in [0.15, 0.2) is 4.99 Å². The zero-order chi connectivity index (χ0) is 14.1. The molecular weight excluding hydrogens is 375 g/mol. The van der Waals surface area contributed by atoms with Crippen molar-refractivity contribution in [3.8, 4) is 0 Å². The number of aliphatic hydroxyl groups is 1. The Labute approximate surface area is 131 Å². The highest BCUT2D eigenvalue weighted by molar-refractivity contribution is 6.68. The summed E-state index contributed by atoms with van der Waals surface area (Å²) in [6.07, 6.45) is -3.99. The first kappa shape index (κ1) is 16.5. The van der Waals surface area contributed by atoms with Crippen LogP contribution in [0.5, 0.6) is 0 Å². The lowest BCUT2D eigenvalue weighted by atomic mass is 10.5. The van der Waals surface area contributed by atoms with Gasteiger partial charge in [0.25, 0.3) is 0 Å². The number of rotatable bonds is 1. The molecule has 0 fully saturated rings. The van der Waals surface area contributed by atoms with Crippen molar-refractivity contribution in [3.63, 3.8) is 0 Å². The molecule has 0 saturated heterocycles. The molecular formula is C6H5Cl6N3O3. The standard InChI is InChI=1S/C6H5Cl6N3O3/c7-5(8,9)1(16)13-3-14-2(6(10,11)12)18-4(17)15-3/h1-2,16H,(H2,13,14,15,17)/t1-,2+/m0/s1. The second-order valence-corrected chi connectivity index (χ2v) is 7.73. The smallest absolute Gasteiger partial charge is 0.416 e. The van der Waals surface area contributed by atoms with E-state index >= 15 is 0 Å². The third kappa shape index (κ3) is 4.85. The molecule has 0 aromatic rings. The molecule has 0 spiro atoms. The molecule has 0 aliphatic carbocycles. The second-order valence-electron chi connectivity index (χ2n) is 2.99. The summed E-state index contributed by atoms with van der Waals surface area (Å²) in [5.41, 5.74) is 0. The highest BCUT2D eigenvalue weighted by Gasteiger charge is 2.40. The van der Waals surface area contributed by atoms with Crippen LogP contribution in [-0.4, -0.2) is 37.2 Å². The number of hydrogen-bond donors (Lipinski definition) is 3. The van der Waals surface area contributed by atoms with E-state index in [9.17, 15) is 9.90 Å². The summed E-state index contributed by atoms with van der Waals surface area (Å²) < 4.78 is 0.577. The van der Waals surface area contributed by atoms with Crippen molar-refractivity contribution in [1.29, 1.82) is 0 Å².